The SMILES string of the molecule is CCCSc1nc(C)ccc1C(=O)Nc1ccc(NCCc2ccccn2)cc1. The molecule has 1 amide bonds. The van der Waals surface area contributed by atoms with E-state index in [1.807, 2.05) is 67.7 Å². The van der Waals surface area contributed by atoms with Crippen LogP contribution < -0.4 is 10.6 Å². The Morgan fingerprint density at radius 3 is 2.55 bits per heavy atom. The number of hydrogen-bond acceptors (Lipinski definition) is 5. The third-order valence-electron chi connectivity index (χ3n) is 4.27. The van der Waals surface area contributed by atoms with Gasteiger partial charge in [0, 0.05) is 41.9 Å². The monoisotopic (exact) mass is 406 g/mol. The van der Waals surface area contributed by atoms with Crippen molar-refractivity contribution in [3.63, 3.8) is 0 Å². The molecule has 5 nitrogen and oxygen atoms in total. The van der Waals surface area contributed by atoms with Crippen LogP contribution >= 0.6 is 11.8 Å². The number of pyridine rings is 2. The van der Waals surface area contributed by atoms with Crippen molar-refractivity contribution in [2.75, 3.05) is 22.9 Å². The zero-order chi connectivity index (χ0) is 20.5. The summed E-state index contributed by atoms with van der Waals surface area (Å²) in [7, 11) is 0. The Morgan fingerprint density at radius 2 is 1.83 bits per heavy atom. The predicted molar refractivity (Wildman–Crippen MR) is 121 cm³/mol. The number of carbonyl (C=O) groups excluding carboxylic acids is 1. The maximum absolute atomic E-state index is 12.7. The fourth-order valence-corrected chi connectivity index (χ4v) is 3.69. The van der Waals surface area contributed by atoms with E-state index in [4.69, 9.17) is 0 Å². The van der Waals surface area contributed by atoms with Crippen LogP contribution in [-0.2, 0) is 6.42 Å². The summed E-state index contributed by atoms with van der Waals surface area (Å²) in [4.78, 5) is 21.6. The van der Waals surface area contributed by atoms with Gasteiger partial charge in [-0.2, -0.15) is 0 Å². The van der Waals surface area contributed by atoms with E-state index in [2.05, 4.69) is 27.5 Å². The highest BCUT2D eigenvalue weighted by atomic mass is 32.2. The van der Waals surface area contributed by atoms with Crippen LogP contribution in [0.3, 0.4) is 0 Å². The second-order valence-corrected chi connectivity index (χ2v) is 7.77. The van der Waals surface area contributed by atoms with Gasteiger partial charge in [0.2, 0.25) is 0 Å². The largest absolute Gasteiger partial charge is 0.385 e. The van der Waals surface area contributed by atoms with Crippen LogP contribution in [0.25, 0.3) is 0 Å². The Labute approximate surface area is 176 Å². The number of amides is 1. The molecule has 0 unspecified atom stereocenters. The van der Waals surface area contributed by atoms with Crippen LogP contribution in [0, 0.1) is 6.92 Å². The highest BCUT2D eigenvalue weighted by Gasteiger charge is 2.13. The summed E-state index contributed by atoms with van der Waals surface area (Å²) >= 11 is 1.62. The zero-order valence-electron chi connectivity index (χ0n) is 16.8. The first kappa shape index (κ1) is 20.9. The summed E-state index contributed by atoms with van der Waals surface area (Å²) in [6.45, 7) is 4.86. The molecule has 3 rings (SSSR count). The van der Waals surface area contributed by atoms with E-state index in [1.165, 1.54) is 0 Å². The number of nitrogens with one attached hydrogen (secondary N) is 2. The Morgan fingerprint density at radius 1 is 1.03 bits per heavy atom. The van der Waals surface area contributed by atoms with Gasteiger partial charge >= 0.3 is 0 Å². The zero-order valence-corrected chi connectivity index (χ0v) is 17.6. The lowest BCUT2D eigenvalue weighted by atomic mass is 10.2. The second kappa shape index (κ2) is 10.6. The van der Waals surface area contributed by atoms with Crippen LogP contribution in [0.4, 0.5) is 11.4 Å². The first-order chi connectivity index (χ1) is 14.2. The average molecular weight is 407 g/mol. The molecule has 0 aliphatic carbocycles. The molecule has 2 N–H and O–H groups in total. The molecule has 0 radical (unpaired) electrons. The molecule has 0 aliphatic rings. The van der Waals surface area contributed by atoms with Gasteiger partial charge < -0.3 is 10.6 Å². The highest BCUT2D eigenvalue weighted by molar-refractivity contribution is 7.99. The molecule has 29 heavy (non-hydrogen) atoms. The first-order valence-corrected chi connectivity index (χ1v) is 10.8. The van der Waals surface area contributed by atoms with E-state index in [0.717, 1.165) is 52.9 Å². The summed E-state index contributed by atoms with van der Waals surface area (Å²) in [5, 5.41) is 7.14. The number of aryl methyl sites for hydroxylation is 1. The molecule has 0 atom stereocenters. The van der Waals surface area contributed by atoms with Gasteiger partial charge in [-0.25, -0.2) is 4.98 Å². The van der Waals surface area contributed by atoms with Crippen molar-refractivity contribution in [1.82, 2.24) is 9.97 Å². The number of nitrogens with zero attached hydrogens (tertiary/aromatic N) is 2. The molecule has 2 heterocycles. The van der Waals surface area contributed by atoms with Gasteiger partial charge in [0.15, 0.2) is 0 Å². The van der Waals surface area contributed by atoms with E-state index in [0.29, 0.717) is 5.56 Å². The van der Waals surface area contributed by atoms with Crippen molar-refractivity contribution < 1.29 is 4.79 Å². The van der Waals surface area contributed by atoms with E-state index in [-0.39, 0.29) is 5.91 Å². The van der Waals surface area contributed by atoms with E-state index >= 15 is 0 Å². The lowest BCUT2D eigenvalue weighted by Gasteiger charge is -2.11. The molecule has 0 fully saturated rings. The average Bonchev–Trinajstić information content (AvgIpc) is 2.74. The molecule has 0 bridgehead atoms. The van der Waals surface area contributed by atoms with Crippen LogP contribution in [0.1, 0.15) is 35.1 Å². The second-order valence-electron chi connectivity index (χ2n) is 6.68. The molecule has 1 aromatic carbocycles. The van der Waals surface area contributed by atoms with Gasteiger partial charge in [-0.15, -0.1) is 11.8 Å². The summed E-state index contributed by atoms with van der Waals surface area (Å²) in [5.74, 6) is 0.808. The van der Waals surface area contributed by atoms with Crippen molar-refractivity contribution in [3.8, 4) is 0 Å². The van der Waals surface area contributed by atoms with Gasteiger partial charge in [0.25, 0.3) is 5.91 Å². The lowest BCUT2D eigenvalue weighted by Crippen LogP contribution is -2.14. The molecule has 0 saturated heterocycles. The third kappa shape index (κ3) is 6.32. The fraction of sp³-hybridized carbons (Fsp3) is 0.261. The fourth-order valence-electron chi connectivity index (χ4n) is 2.77. The van der Waals surface area contributed by atoms with Crippen molar-refractivity contribution in [2.24, 2.45) is 0 Å². The van der Waals surface area contributed by atoms with Crippen LogP contribution in [0.5, 0.6) is 0 Å². The summed E-state index contributed by atoms with van der Waals surface area (Å²) < 4.78 is 0. The molecular formula is C23H26N4OS. The molecular weight excluding hydrogens is 380 g/mol. The summed E-state index contributed by atoms with van der Waals surface area (Å²) in [6.07, 6.45) is 3.71. The number of benzene rings is 1. The van der Waals surface area contributed by atoms with Crippen molar-refractivity contribution in [2.45, 2.75) is 31.7 Å². The standard InChI is InChI=1S/C23H26N4OS/c1-3-16-29-23-21(12-7-17(2)26-23)22(28)27-20-10-8-19(9-11-20)25-15-13-18-6-4-5-14-24-18/h4-12,14,25H,3,13,15-16H2,1-2H3,(H,27,28). The quantitative estimate of drug-likeness (QED) is 0.479. The third-order valence-corrected chi connectivity index (χ3v) is 5.46. The van der Waals surface area contributed by atoms with Crippen molar-refractivity contribution >= 4 is 29.0 Å². The van der Waals surface area contributed by atoms with Gasteiger partial charge in [0.1, 0.15) is 5.03 Å². The Bertz CT molecular complexity index is 929. The minimum atomic E-state index is -0.132. The van der Waals surface area contributed by atoms with E-state index < -0.39 is 0 Å². The lowest BCUT2D eigenvalue weighted by molar-refractivity contribution is 0.102. The minimum Gasteiger partial charge on any atom is -0.385 e. The molecule has 6 heteroatoms. The highest BCUT2D eigenvalue weighted by Crippen LogP contribution is 2.23. The molecule has 3 aromatic rings. The van der Waals surface area contributed by atoms with Crippen LogP contribution in [0.2, 0.25) is 0 Å². The Kier molecular flexibility index (Phi) is 7.64. The Hall–Kier alpha value is -2.86. The summed E-state index contributed by atoms with van der Waals surface area (Å²) in [6, 6.07) is 17.4. The van der Waals surface area contributed by atoms with E-state index in [1.54, 1.807) is 11.8 Å². The van der Waals surface area contributed by atoms with Gasteiger partial charge in [0.05, 0.1) is 5.56 Å². The van der Waals surface area contributed by atoms with Crippen LogP contribution in [-0.4, -0.2) is 28.2 Å². The maximum atomic E-state index is 12.7. The smallest absolute Gasteiger partial charge is 0.258 e. The number of carbonyl (C=O) groups is 1. The number of anilines is 2. The molecule has 0 spiro atoms. The van der Waals surface area contributed by atoms with Crippen molar-refractivity contribution in [1.29, 1.82) is 0 Å². The van der Waals surface area contributed by atoms with Gasteiger partial charge in [-0.3, -0.25) is 9.78 Å². The predicted octanol–water partition coefficient (Wildman–Crippen LogP) is 5.19. The summed E-state index contributed by atoms with van der Waals surface area (Å²) in [5.41, 5.74) is 4.37. The van der Waals surface area contributed by atoms with Gasteiger partial charge in [-0.05, 0) is 67.6 Å². The topological polar surface area (TPSA) is 66.9 Å². The number of thioether (sulfide) groups is 1. The molecule has 0 saturated carbocycles. The normalized spacial score (nSPS) is 10.6. The number of aromatic nitrogens is 2. The van der Waals surface area contributed by atoms with Gasteiger partial charge in [-0.1, -0.05) is 13.0 Å². The number of rotatable bonds is 9. The van der Waals surface area contributed by atoms with E-state index in [9.17, 15) is 4.79 Å². The molecule has 2 aromatic heterocycles. The Balaban J connectivity index is 1.57. The minimum absolute atomic E-state index is 0.132. The molecule has 150 valence electrons. The molecule has 0 aliphatic heterocycles. The maximum Gasteiger partial charge on any atom is 0.258 e. The number of hydrogen-bond donors (Lipinski definition) is 2. The first-order valence-electron chi connectivity index (χ1n) is 9.81. The van der Waals surface area contributed by atoms with Crippen LogP contribution in [0.15, 0.2) is 65.8 Å². The van der Waals surface area contributed by atoms with Crippen molar-refractivity contribution in [3.05, 3.63) is 77.7 Å².